The van der Waals surface area contributed by atoms with Crippen LogP contribution in [0.5, 0.6) is 5.75 Å². The quantitative estimate of drug-likeness (QED) is 0.346. The van der Waals surface area contributed by atoms with Crippen LogP contribution in [0.4, 0.5) is 0 Å². The molecule has 0 spiro atoms. The zero-order chi connectivity index (χ0) is 23.0. The molecular weight excluding hydrogens is 418 g/mol. The van der Waals surface area contributed by atoms with Crippen LogP contribution in [0.3, 0.4) is 0 Å². The number of rotatable bonds is 8. The predicted molar refractivity (Wildman–Crippen MR) is 110 cm³/mol. The zero-order valence-corrected chi connectivity index (χ0v) is 17.7. The number of fused-ring (bicyclic) bond motifs is 3. The first kappa shape index (κ1) is 22.7. The molecule has 6 atom stereocenters. The number of carboxylic acids is 1. The van der Waals surface area contributed by atoms with E-state index in [1.807, 2.05) is 0 Å². The lowest BCUT2D eigenvalue weighted by Gasteiger charge is -2.44. The van der Waals surface area contributed by atoms with Gasteiger partial charge in [-0.1, -0.05) is 18.6 Å². The average Bonchev–Trinajstić information content (AvgIpc) is 3.22. The molecule has 1 aromatic carbocycles. The van der Waals surface area contributed by atoms with Crippen molar-refractivity contribution in [1.29, 1.82) is 0 Å². The van der Waals surface area contributed by atoms with E-state index in [2.05, 4.69) is 0 Å². The highest BCUT2D eigenvalue weighted by Gasteiger charge is 2.66. The van der Waals surface area contributed by atoms with Gasteiger partial charge in [0.15, 0.2) is 5.79 Å². The van der Waals surface area contributed by atoms with E-state index in [-0.39, 0.29) is 43.6 Å². The number of aliphatic hydroxyl groups excluding tert-OH is 1. The Morgan fingerprint density at radius 1 is 1.16 bits per heavy atom. The third-order valence-electron chi connectivity index (χ3n) is 7.19. The van der Waals surface area contributed by atoms with Crippen LogP contribution in [0.25, 0.3) is 0 Å². The maximum absolute atomic E-state index is 13.2. The fourth-order valence-corrected chi connectivity index (χ4v) is 5.63. The van der Waals surface area contributed by atoms with Gasteiger partial charge in [0.2, 0.25) is 11.8 Å². The molecular formula is C23H29NO8. The number of nitrogens with zero attached hydrogens (tertiary/aromatic N) is 1. The van der Waals surface area contributed by atoms with Gasteiger partial charge >= 0.3 is 5.97 Å². The summed E-state index contributed by atoms with van der Waals surface area (Å²) in [5.74, 6) is -5.88. The molecule has 0 bridgehead atoms. The molecule has 0 aromatic heterocycles. The fraction of sp³-hybridized carbons (Fsp3) is 0.609. The molecule has 9 heteroatoms. The summed E-state index contributed by atoms with van der Waals surface area (Å²) < 4.78 is 6.01. The van der Waals surface area contributed by atoms with Gasteiger partial charge in [-0.3, -0.25) is 19.3 Å². The lowest BCUT2D eigenvalue weighted by Crippen LogP contribution is -2.54. The first-order chi connectivity index (χ1) is 15.3. The summed E-state index contributed by atoms with van der Waals surface area (Å²) in [5.41, 5.74) is 0.660. The Labute approximate surface area is 185 Å². The molecule has 2 heterocycles. The fourth-order valence-electron chi connectivity index (χ4n) is 5.63. The summed E-state index contributed by atoms with van der Waals surface area (Å²) in [6.07, 6.45) is 1.52. The van der Waals surface area contributed by atoms with Crippen LogP contribution in [0.2, 0.25) is 0 Å². The maximum Gasteiger partial charge on any atom is 0.303 e. The van der Waals surface area contributed by atoms with E-state index in [0.717, 1.165) is 0 Å². The number of amides is 2. The second-order valence-corrected chi connectivity index (χ2v) is 9.08. The highest BCUT2D eigenvalue weighted by Crippen LogP contribution is 2.58. The van der Waals surface area contributed by atoms with Crippen LogP contribution in [-0.2, 0) is 19.1 Å². The molecule has 0 radical (unpaired) electrons. The number of aromatic hydroxyl groups is 1. The molecule has 32 heavy (non-hydrogen) atoms. The largest absolute Gasteiger partial charge is 0.508 e. The van der Waals surface area contributed by atoms with Gasteiger partial charge in [-0.2, -0.15) is 0 Å². The normalized spacial score (nSPS) is 33.9. The lowest BCUT2D eigenvalue weighted by molar-refractivity contribution is -0.274. The van der Waals surface area contributed by atoms with Crippen LogP contribution in [0.1, 0.15) is 50.2 Å². The van der Waals surface area contributed by atoms with Crippen molar-refractivity contribution in [2.45, 2.75) is 50.4 Å². The molecule has 2 aliphatic heterocycles. The van der Waals surface area contributed by atoms with Gasteiger partial charge in [-0.25, -0.2) is 0 Å². The van der Waals surface area contributed by atoms with Gasteiger partial charge in [0.05, 0.1) is 24.5 Å². The number of hydrogen-bond acceptors (Lipinski definition) is 7. The first-order valence-electron chi connectivity index (χ1n) is 11.1. The van der Waals surface area contributed by atoms with Crippen LogP contribution >= 0.6 is 0 Å². The van der Waals surface area contributed by atoms with Crippen LogP contribution in [0.15, 0.2) is 24.3 Å². The van der Waals surface area contributed by atoms with Crippen molar-refractivity contribution in [3.8, 4) is 5.75 Å². The van der Waals surface area contributed by atoms with E-state index >= 15 is 0 Å². The van der Waals surface area contributed by atoms with Gasteiger partial charge in [0, 0.05) is 24.8 Å². The summed E-state index contributed by atoms with van der Waals surface area (Å²) in [6, 6.07) is 6.51. The van der Waals surface area contributed by atoms with Crippen molar-refractivity contribution >= 4 is 17.8 Å². The van der Waals surface area contributed by atoms with Crippen LogP contribution < -0.4 is 0 Å². The average molecular weight is 447 g/mol. The Bertz CT molecular complexity index is 904. The van der Waals surface area contributed by atoms with Gasteiger partial charge in [-0.05, 0) is 43.4 Å². The summed E-state index contributed by atoms with van der Waals surface area (Å²) in [4.78, 5) is 38.2. The summed E-state index contributed by atoms with van der Waals surface area (Å²) in [6.45, 7) is -0.157. The topological polar surface area (TPSA) is 145 Å². The van der Waals surface area contributed by atoms with Gasteiger partial charge < -0.3 is 25.2 Å². The number of hydrogen-bond donors (Lipinski definition) is 4. The number of unbranched alkanes of at least 4 members (excludes halogenated alkanes) is 2. The number of aliphatic hydroxyl groups is 2. The number of carbonyl (C=O) groups excluding carboxylic acids is 2. The predicted octanol–water partition coefficient (Wildman–Crippen LogP) is 1.42. The number of carbonyl (C=O) groups is 3. The van der Waals surface area contributed by atoms with E-state index in [0.29, 0.717) is 31.2 Å². The summed E-state index contributed by atoms with van der Waals surface area (Å²) in [5, 5.41) is 39.9. The molecule has 1 saturated carbocycles. The zero-order valence-electron chi connectivity index (χ0n) is 17.7. The number of ether oxygens (including phenoxy) is 1. The third-order valence-corrected chi connectivity index (χ3v) is 7.19. The second-order valence-electron chi connectivity index (χ2n) is 9.08. The van der Waals surface area contributed by atoms with Crippen molar-refractivity contribution < 1.29 is 39.5 Å². The van der Waals surface area contributed by atoms with E-state index in [1.165, 1.54) is 11.0 Å². The van der Waals surface area contributed by atoms with Gasteiger partial charge in [0.25, 0.3) is 0 Å². The Balaban J connectivity index is 1.52. The van der Waals surface area contributed by atoms with Crippen molar-refractivity contribution in [3.63, 3.8) is 0 Å². The highest BCUT2D eigenvalue weighted by molar-refractivity contribution is 6.05. The molecule has 9 nitrogen and oxygen atoms in total. The minimum atomic E-state index is -1.74. The number of phenols is 1. The summed E-state index contributed by atoms with van der Waals surface area (Å²) in [7, 11) is 0. The Hall–Kier alpha value is -2.49. The lowest BCUT2D eigenvalue weighted by atomic mass is 9.64. The molecule has 1 aromatic rings. The molecule has 2 amide bonds. The number of phenolic OH excluding ortho intramolecular Hbond substituents is 1. The minimum absolute atomic E-state index is 0.0498. The Morgan fingerprint density at radius 3 is 2.62 bits per heavy atom. The van der Waals surface area contributed by atoms with E-state index < -0.39 is 41.5 Å². The Morgan fingerprint density at radius 2 is 1.94 bits per heavy atom. The van der Waals surface area contributed by atoms with E-state index in [4.69, 9.17) is 9.84 Å². The van der Waals surface area contributed by atoms with Crippen LogP contribution in [0, 0.1) is 23.7 Å². The number of carboxylic acid groups (broad SMARTS) is 1. The molecule has 1 aliphatic carbocycles. The standard InChI is InChI=1S/C23H29NO8/c25-12-14-10-16-20(22(30)24(21(16)29)8-3-1-2-7-19(27)28)17-11-18(32-23(14,17)31)13-5-4-6-15(26)9-13/h4-6,9,14,16-18,20,25-26,31H,1-3,7-8,10-12H2,(H,27,28)/t14-,16+,17+,18+,20+,23-/m1/s1. The van der Waals surface area contributed by atoms with E-state index in [1.54, 1.807) is 18.2 Å². The number of benzene rings is 1. The first-order valence-corrected chi connectivity index (χ1v) is 11.1. The number of aliphatic carboxylic acids is 1. The number of imide groups is 1. The van der Waals surface area contributed by atoms with Crippen LogP contribution in [-0.4, -0.2) is 62.0 Å². The second kappa shape index (κ2) is 8.80. The molecule has 3 aliphatic rings. The molecule has 3 fully saturated rings. The van der Waals surface area contributed by atoms with Gasteiger partial charge in [0.1, 0.15) is 5.75 Å². The van der Waals surface area contributed by atoms with E-state index in [9.17, 15) is 29.7 Å². The summed E-state index contributed by atoms with van der Waals surface area (Å²) >= 11 is 0. The van der Waals surface area contributed by atoms with Crippen molar-refractivity contribution in [2.75, 3.05) is 13.2 Å². The molecule has 4 rings (SSSR count). The minimum Gasteiger partial charge on any atom is -0.508 e. The maximum atomic E-state index is 13.2. The third kappa shape index (κ3) is 3.89. The van der Waals surface area contributed by atoms with Crippen molar-refractivity contribution in [2.24, 2.45) is 23.7 Å². The molecule has 0 unspecified atom stereocenters. The number of likely N-dealkylation sites (tertiary alicyclic amines) is 1. The molecule has 4 N–H and O–H groups in total. The highest BCUT2D eigenvalue weighted by atomic mass is 16.6. The van der Waals surface area contributed by atoms with Crippen molar-refractivity contribution in [3.05, 3.63) is 29.8 Å². The van der Waals surface area contributed by atoms with Gasteiger partial charge in [-0.15, -0.1) is 0 Å². The van der Waals surface area contributed by atoms with Crippen molar-refractivity contribution in [1.82, 2.24) is 4.90 Å². The SMILES string of the molecule is O=C(O)CCCCCN1C(=O)[C@H]2[C@H](C[C@H](CO)[C@@]3(O)O[C@H](c4cccc(O)c4)C[C@@H]23)C1=O. The smallest absolute Gasteiger partial charge is 0.303 e. The Kier molecular flexibility index (Phi) is 6.24. The monoisotopic (exact) mass is 447 g/mol. The molecule has 174 valence electrons. The molecule has 2 saturated heterocycles.